The van der Waals surface area contributed by atoms with Crippen LogP contribution in [-0.2, 0) is 20.9 Å². The smallest absolute Gasteiger partial charge is 0.307 e. The molecule has 0 spiro atoms. The number of rotatable bonds is 6. The summed E-state index contributed by atoms with van der Waals surface area (Å²) in [7, 11) is 0. The summed E-state index contributed by atoms with van der Waals surface area (Å²) in [6.45, 7) is 1.69. The van der Waals surface area contributed by atoms with Crippen LogP contribution in [0.2, 0.25) is 0 Å². The van der Waals surface area contributed by atoms with E-state index in [0.717, 1.165) is 11.4 Å². The molecular formula is C17H22N4O4. The molecule has 0 radical (unpaired) electrons. The van der Waals surface area contributed by atoms with E-state index in [1.807, 2.05) is 6.07 Å². The van der Waals surface area contributed by atoms with Gasteiger partial charge in [-0.05, 0) is 25.3 Å². The van der Waals surface area contributed by atoms with E-state index >= 15 is 0 Å². The minimum atomic E-state index is -0.917. The van der Waals surface area contributed by atoms with Gasteiger partial charge in [0, 0.05) is 37.3 Å². The van der Waals surface area contributed by atoms with E-state index in [2.05, 4.69) is 15.2 Å². The first-order chi connectivity index (χ1) is 12.0. The Kier molecular flexibility index (Phi) is 4.87. The number of hydrogen-bond donors (Lipinski definition) is 3. The second-order valence-electron chi connectivity index (χ2n) is 6.65. The van der Waals surface area contributed by atoms with Crippen LogP contribution < -0.4 is 16.0 Å². The summed E-state index contributed by atoms with van der Waals surface area (Å²) < 4.78 is 0. The zero-order valence-electron chi connectivity index (χ0n) is 13.9. The van der Waals surface area contributed by atoms with Crippen molar-refractivity contribution in [2.75, 3.05) is 18.0 Å². The van der Waals surface area contributed by atoms with Gasteiger partial charge in [0.15, 0.2) is 0 Å². The lowest BCUT2D eigenvalue weighted by Crippen LogP contribution is -2.39. The van der Waals surface area contributed by atoms with E-state index in [1.54, 1.807) is 12.3 Å². The molecule has 2 heterocycles. The number of aromatic nitrogens is 1. The zero-order chi connectivity index (χ0) is 18.0. The van der Waals surface area contributed by atoms with Gasteiger partial charge in [0.1, 0.15) is 5.82 Å². The molecule has 1 aliphatic carbocycles. The summed E-state index contributed by atoms with van der Waals surface area (Å²) in [6.07, 6.45) is 3.49. The van der Waals surface area contributed by atoms with Gasteiger partial charge in [-0.1, -0.05) is 6.07 Å². The average molecular weight is 346 g/mol. The van der Waals surface area contributed by atoms with E-state index in [0.29, 0.717) is 38.9 Å². The molecule has 2 fully saturated rings. The molecule has 134 valence electrons. The molecule has 0 unspecified atom stereocenters. The lowest BCUT2D eigenvalue weighted by molar-refractivity contribution is -0.140. The maximum absolute atomic E-state index is 12.0. The van der Waals surface area contributed by atoms with Crippen molar-refractivity contribution in [1.82, 2.24) is 10.3 Å². The fraction of sp³-hybridized carbons (Fsp3) is 0.529. The van der Waals surface area contributed by atoms with Crippen LogP contribution in [0, 0.1) is 17.8 Å². The minimum Gasteiger partial charge on any atom is -0.481 e. The summed E-state index contributed by atoms with van der Waals surface area (Å²) in [6, 6.07) is 3.70. The van der Waals surface area contributed by atoms with E-state index in [-0.39, 0.29) is 17.7 Å². The third kappa shape index (κ3) is 3.89. The molecule has 1 saturated carbocycles. The molecule has 4 N–H and O–H groups in total. The molecule has 3 rings (SSSR count). The van der Waals surface area contributed by atoms with Crippen molar-refractivity contribution in [2.45, 2.75) is 25.8 Å². The number of primary amides is 1. The number of carboxylic acid groups (broad SMARTS) is 1. The summed E-state index contributed by atoms with van der Waals surface area (Å²) in [5.41, 5.74) is 6.24. The van der Waals surface area contributed by atoms with Gasteiger partial charge in [-0.15, -0.1) is 0 Å². The Balaban J connectivity index is 1.59. The van der Waals surface area contributed by atoms with Crippen LogP contribution in [0.1, 0.15) is 24.8 Å². The highest BCUT2D eigenvalue weighted by atomic mass is 16.4. The quantitative estimate of drug-likeness (QED) is 0.672. The number of anilines is 1. The van der Waals surface area contributed by atoms with Gasteiger partial charge < -0.3 is 21.1 Å². The number of nitrogens with two attached hydrogens (primary N) is 1. The third-order valence-electron chi connectivity index (χ3n) is 4.96. The van der Waals surface area contributed by atoms with Gasteiger partial charge in [-0.2, -0.15) is 0 Å². The largest absolute Gasteiger partial charge is 0.481 e. The maximum Gasteiger partial charge on any atom is 0.307 e. The first-order valence-electron chi connectivity index (χ1n) is 8.46. The highest BCUT2D eigenvalue weighted by molar-refractivity contribution is 5.89. The highest BCUT2D eigenvalue weighted by Gasteiger charge is 2.48. The van der Waals surface area contributed by atoms with Gasteiger partial charge in [0.2, 0.25) is 11.8 Å². The predicted molar refractivity (Wildman–Crippen MR) is 89.4 cm³/mol. The van der Waals surface area contributed by atoms with Crippen LogP contribution in [0.25, 0.3) is 0 Å². The number of nitrogens with zero attached hydrogens (tertiary/aromatic N) is 2. The van der Waals surface area contributed by atoms with Crippen LogP contribution in [0.15, 0.2) is 18.3 Å². The SMILES string of the molecule is NC(=O)C1CCN(c2ncccc2CNC(=O)[C@@H]2C[C@H]2C(=O)O)CC1. The number of carbonyl (C=O) groups excluding carboxylic acids is 2. The molecule has 0 bridgehead atoms. The predicted octanol–water partition coefficient (Wildman–Crippen LogP) is 0.120. The lowest BCUT2D eigenvalue weighted by Gasteiger charge is -2.32. The number of carbonyl (C=O) groups is 3. The fourth-order valence-corrected chi connectivity index (χ4v) is 3.30. The number of hydrogen-bond acceptors (Lipinski definition) is 5. The molecule has 8 heteroatoms. The second-order valence-corrected chi connectivity index (χ2v) is 6.65. The lowest BCUT2D eigenvalue weighted by atomic mass is 9.96. The molecular weight excluding hydrogens is 324 g/mol. The first kappa shape index (κ1) is 17.2. The number of nitrogens with one attached hydrogen (secondary N) is 1. The van der Waals surface area contributed by atoms with Crippen molar-refractivity contribution in [3.63, 3.8) is 0 Å². The van der Waals surface area contributed by atoms with Crippen LogP contribution in [-0.4, -0.2) is 41.0 Å². The Bertz CT molecular complexity index is 685. The molecule has 0 aromatic carbocycles. The molecule has 25 heavy (non-hydrogen) atoms. The Hall–Kier alpha value is -2.64. The van der Waals surface area contributed by atoms with Crippen LogP contribution in [0.3, 0.4) is 0 Å². The van der Waals surface area contributed by atoms with Crippen LogP contribution in [0.4, 0.5) is 5.82 Å². The standard InChI is InChI=1S/C17H22N4O4/c18-14(22)10-3-6-21(7-4-10)15-11(2-1-5-19-15)9-20-16(23)12-8-13(12)17(24)25/h1-2,5,10,12-13H,3-4,6-9H2,(H2,18,22)(H,20,23)(H,24,25)/t12-,13-/m1/s1. The summed E-state index contributed by atoms with van der Waals surface area (Å²) >= 11 is 0. The van der Waals surface area contributed by atoms with E-state index in [4.69, 9.17) is 10.8 Å². The monoisotopic (exact) mass is 346 g/mol. The van der Waals surface area contributed by atoms with Crippen molar-refractivity contribution >= 4 is 23.6 Å². The van der Waals surface area contributed by atoms with E-state index in [1.165, 1.54) is 0 Å². The zero-order valence-corrected chi connectivity index (χ0v) is 13.9. The molecule has 2 atom stereocenters. The highest BCUT2D eigenvalue weighted by Crippen LogP contribution is 2.38. The molecule has 1 saturated heterocycles. The third-order valence-corrected chi connectivity index (χ3v) is 4.96. The first-order valence-corrected chi connectivity index (χ1v) is 8.46. The van der Waals surface area contributed by atoms with Crippen LogP contribution in [0.5, 0.6) is 0 Å². The number of pyridine rings is 1. The molecule has 1 aromatic rings. The molecule has 1 aliphatic heterocycles. The van der Waals surface area contributed by atoms with Crippen LogP contribution >= 0.6 is 0 Å². The van der Waals surface area contributed by atoms with Crippen molar-refractivity contribution in [3.8, 4) is 0 Å². The molecule has 1 aromatic heterocycles. The maximum atomic E-state index is 12.0. The van der Waals surface area contributed by atoms with Crippen molar-refractivity contribution in [3.05, 3.63) is 23.9 Å². The Morgan fingerprint density at radius 2 is 2.00 bits per heavy atom. The van der Waals surface area contributed by atoms with Crippen molar-refractivity contribution in [2.24, 2.45) is 23.5 Å². The van der Waals surface area contributed by atoms with Gasteiger partial charge in [0.05, 0.1) is 11.8 Å². The summed E-state index contributed by atoms with van der Waals surface area (Å²) in [5, 5.41) is 11.7. The minimum absolute atomic E-state index is 0.0917. The van der Waals surface area contributed by atoms with Gasteiger partial charge >= 0.3 is 5.97 Å². The van der Waals surface area contributed by atoms with Gasteiger partial charge in [0.25, 0.3) is 0 Å². The molecule has 2 amide bonds. The van der Waals surface area contributed by atoms with Crippen molar-refractivity contribution in [1.29, 1.82) is 0 Å². The second kappa shape index (κ2) is 7.08. The summed E-state index contributed by atoms with van der Waals surface area (Å²) in [4.78, 5) is 40.7. The Labute approximate surface area is 145 Å². The topological polar surface area (TPSA) is 126 Å². The average Bonchev–Trinajstić information content (AvgIpc) is 3.41. The van der Waals surface area contributed by atoms with E-state index < -0.39 is 17.8 Å². The Morgan fingerprint density at radius 3 is 2.60 bits per heavy atom. The Morgan fingerprint density at radius 1 is 1.28 bits per heavy atom. The summed E-state index contributed by atoms with van der Waals surface area (Å²) in [5.74, 6) is -1.69. The van der Waals surface area contributed by atoms with Gasteiger partial charge in [-0.25, -0.2) is 4.98 Å². The fourth-order valence-electron chi connectivity index (χ4n) is 3.30. The number of amides is 2. The number of carboxylic acids is 1. The number of piperidine rings is 1. The normalized spacial score (nSPS) is 23.1. The number of aliphatic carboxylic acids is 1. The molecule has 8 nitrogen and oxygen atoms in total. The van der Waals surface area contributed by atoms with E-state index in [9.17, 15) is 14.4 Å². The molecule has 2 aliphatic rings. The van der Waals surface area contributed by atoms with Crippen molar-refractivity contribution < 1.29 is 19.5 Å². The van der Waals surface area contributed by atoms with Gasteiger partial charge in [-0.3, -0.25) is 14.4 Å².